The van der Waals surface area contributed by atoms with Crippen molar-refractivity contribution in [3.63, 3.8) is 0 Å². The third-order valence-electron chi connectivity index (χ3n) is 4.99. The van der Waals surface area contributed by atoms with E-state index in [1.54, 1.807) is 0 Å². The Morgan fingerprint density at radius 2 is 2.04 bits per heavy atom. The fourth-order valence-corrected chi connectivity index (χ4v) is 3.46. The van der Waals surface area contributed by atoms with Gasteiger partial charge in [-0.1, -0.05) is 26.7 Å². The number of hydrogen-bond acceptors (Lipinski definition) is 3. The van der Waals surface area contributed by atoms with E-state index < -0.39 is 0 Å². The second-order valence-corrected chi connectivity index (χ2v) is 7.52. The van der Waals surface area contributed by atoms with Crippen LogP contribution in [0.15, 0.2) is 4.99 Å². The van der Waals surface area contributed by atoms with Gasteiger partial charge in [0.25, 0.3) is 0 Å². The monoisotopic (exact) mass is 339 g/mol. The Bertz CT molecular complexity index is 360. The number of unbranched alkanes of at least 4 members (excludes halogenated alkanes) is 1. The zero-order valence-electron chi connectivity index (χ0n) is 15.9. The van der Waals surface area contributed by atoms with Gasteiger partial charge in [-0.05, 0) is 38.0 Å². The molecule has 0 aliphatic carbocycles. The SMILES string of the molecule is CN=C(NCCCCC(C)C)N1CCC(OCC2CCCO2)CC1. The van der Waals surface area contributed by atoms with Crippen molar-refractivity contribution < 1.29 is 9.47 Å². The molecule has 2 aliphatic heterocycles. The van der Waals surface area contributed by atoms with Crippen molar-refractivity contribution >= 4 is 5.96 Å². The first-order valence-electron chi connectivity index (χ1n) is 9.88. The van der Waals surface area contributed by atoms with E-state index in [2.05, 4.69) is 29.1 Å². The summed E-state index contributed by atoms with van der Waals surface area (Å²) in [6.07, 6.45) is 9.06. The van der Waals surface area contributed by atoms with Crippen LogP contribution in [0.1, 0.15) is 58.8 Å². The van der Waals surface area contributed by atoms with Crippen LogP contribution >= 0.6 is 0 Å². The summed E-state index contributed by atoms with van der Waals surface area (Å²) in [4.78, 5) is 6.82. The summed E-state index contributed by atoms with van der Waals surface area (Å²) in [6, 6.07) is 0. The summed E-state index contributed by atoms with van der Waals surface area (Å²) in [6.45, 7) is 9.34. The highest BCUT2D eigenvalue weighted by Crippen LogP contribution is 2.17. The van der Waals surface area contributed by atoms with Crippen molar-refractivity contribution in [2.45, 2.75) is 71.0 Å². The number of nitrogens with one attached hydrogen (secondary N) is 1. The zero-order valence-corrected chi connectivity index (χ0v) is 15.9. The van der Waals surface area contributed by atoms with Gasteiger partial charge in [0.1, 0.15) is 0 Å². The van der Waals surface area contributed by atoms with Crippen molar-refractivity contribution in [1.82, 2.24) is 10.2 Å². The smallest absolute Gasteiger partial charge is 0.193 e. The molecule has 0 saturated carbocycles. The highest BCUT2D eigenvalue weighted by molar-refractivity contribution is 5.79. The molecule has 1 atom stereocenters. The lowest BCUT2D eigenvalue weighted by molar-refractivity contribution is -0.0367. The average Bonchev–Trinajstić information content (AvgIpc) is 3.10. The van der Waals surface area contributed by atoms with E-state index in [4.69, 9.17) is 9.47 Å². The first-order valence-corrected chi connectivity index (χ1v) is 9.88. The summed E-state index contributed by atoms with van der Waals surface area (Å²) < 4.78 is 11.7. The minimum atomic E-state index is 0.336. The third-order valence-corrected chi connectivity index (χ3v) is 4.99. The quantitative estimate of drug-likeness (QED) is 0.419. The Balaban J connectivity index is 1.58. The summed E-state index contributed by atoms with van der Waals surface area (Å²) >= 11 is 0. The van der Waals surface area contributed by atoms with E-state index in [1.165, 1.54) is 25.7 Å². The maximum atomic E-state index is 6.05. The Hall–Kier alpha value is -0.810. The normalized spacial score (nSPS) is 23.2. The number of guanidine groups is 1. The predicted octanol–water partition coefficient (Wildman–Crippen LogP) is 3.05. The number of aliphatic imine (C=N–C) groups is 1. The van der Waals surface area contributed by atoms with Crippen LogP contribution in [0.2, 0.25) is 0 Å². The molecule has 0 bridgehead atoms. The molecule has 5 nitrogen and oxygen atoms in total. The lowest BCUT2D eigenvalue weighted by Gasteiger charge is -2.34. The van der Waals surface area contributed by atoms with Crippen LogP contribution in [0.5, 0.6) is 0 Å². The largest absolute Gasteiger partial charge is 0.376 e. The van der Waals surface area contributed by atoms with Gasteiger partial charge in [-0.15, -0.1) is 0 Å². The van der Waals surface area contributed by atoms with Gasteiger partial charge in [-0.25, -0.2) is 0 Å². The van der Waals surface area contributed by atoms with Gasteiger partial charge in [0, 0.05) is 33.3 Å². The van der Waals surface area contributed by atoms with E-state index in [9.17, 15) is 0 Å². The van der Waals surface area contributed by atoms with Gasteiger partial charge in [-0.2, -0.15) is 0 Å². The predicted molar refractivity (Wildman–Crippen MR) is 99.6 cm³/mol. The maximum absolute atomic E-state index is 6.05. The van der Waals surface area contributed by atoms with E-state index >= 15 is 0 Å². The lowest BCUT2D eigenvalue weighted by atomic mass is 10.1. The zero-order chi connectivity index (χ0) is 17.2. The molecule has 0 radical (unpaired) electrons. The molecule has 0 spiro atoms. The van der Waals surface area contributed by atoms with Crippen molar-refractivity contribution in [3.8, 4) is 0 Å². The Morgan fingerprint density at radius 1 is 1.25 bits per heavy atom. The number of rotatable bonds is 8. The summed E-state index contributed by atoms with van der Waals surface area (Å²) in [5.74, 6) is 1.86. The second-order valence-electron chi connectivity index (χ2n) is 7.52. The summed E-state index contributed by atoms with van der Waals surface area (Å²) in [5.41, 5.74) is 0. The molecule has 1 N–H and O–H groups in total. The van der Waals surface area contributed by atoms with Gasteiger partial charge in [-0.3, -0.25) is 4.99 Å². The highest BCUT2D eigenvalue weighted by Gasteiger charge is 2.24. The van der Waals surface area contributed by atoms with E-state index in [0.29, 0.717) is 12.2 Å². The van der Waals surface area contributed by atoms with Crippen LogP contribution in [-0.2, 0) is 9.47 Å². The van der Waals surface area contributed by atoms with Crippen LogP contribution in [0, 0.1) is 5.92 Å². The molecule has 0 amide bonds. The molecule has 2 saturated heterocycles. The van der Waals surface area contributed by atoms with Crippen LogP contribution < -0.4 is 5.32 Å². The summed E-state index contributed by atoms with van der Waals surface area (Å²) in [7, 11) is 1.89. The minimum absolute atomic E-state index is 0.336. The Kier molecular flexibility index (Phi) is 8.89. The summed E-state index contributed by atoms with van der Waals surface area (Å²) in [5, 5.41) is 3.52. The molecule has 140 valence electrons. The minimum Gasteiger partial charge on any atom is -0.376 e. The van der Waals surface area contributed by atoms with Gasteiger partial charge in [0.2, 0.25) is 0 Å². The molecule has 0 aromatic carbocycles. The molecular formula is C19H37N3O2. The van der Waals surface area contributed by atoms with Crippen molar-refractivity contribution in [3.05, 3.63) is 0 Å². The first kappa shape index (κ1) is 19.5. The molecule has 2 rings (SSSR count). The van der Waals surface area contributed by atoms with Gasteiger partial charge < -0.3 is 19.7 Å². The van der Waals surface area contributed by atoms with E-state index in [1.807, 2.05) is 7.05 Å². The van der Waals surface area contributed by atoms with Crippen molar-refractivity contribution in [2.75, 3.05) is 39.9 Å². The number of hydrogen-bond donors (Lipinski definition) is 1. The van der Waals surface area contributed by atoms with Gasteiger partial charge in [0.15, 0.2) is 5.96 Å². The van der Waals surface area contributed by atoms with Crippen LogP contribution in [0.3, 0.4) is 0 Å². The molecule has 2 heterocycles. The maximum Gasteiger partial charge on any atom is 0.193 e. The average molecular weight is 340 g/mol. The third kappa shape index (κ3) is 6.98. The lowest BCUT2D eigenvalue weighted by Crippen LogP contribution is -2.47. The number of ether oxygens (including phenoxy) is 2. The molecule has 1 unspecified atom stereocenters. The highest BCUT2D eigenvalue weighted by atomic mass is 16.5. The molecule has 24 heavy (non-hydrogen) atoms. The topological polar surface area (TPSA) is 46.1 Å². The van der Waals surface area contributed by atoms with E-state index in [0.717, 1.165) is 64.0 Å². The van der Waals surface area contributed by atoms with Gasteiger partial charge >= 0.3 is 0 Å². The van der Waals surface area contributed by atoms with Crippen molar-refractivity contribution in [1.29, 1.82) is 0 Å². The second kappa shape index (κ2) is 10.9. The first-order chi connectivity index (χ1) is 11.7. The molecule has 5 heteroatoms. The van der Waals surface area contributed by atoms with Crippen LogP contribution in [-0.4, -0.2) is 63.0 Å². The number of nitrogens with zero attached hydrogens (tertiary/aromatic N) is 2. The van der Waals surface area contributed by atoms with Gasteiger partial charge in [0.05, 0.1) is 18.8 Å². The Labute approximate surface area is 148 Å². The van der Waals surface area contributed by atoms with Crippen LogP contribution in [0.4, 0.5) is 0 Å². The van der Waals surface area contributed by atoms with E-state index in [-0.39, 0.29) is 0 Å². The van der Waals surface area contributed by atoms with Crippen molar-refractivity contribution in [2.24, 2.45) is 10.9 Å². The fourth-order valence-electron chi connectivity index (χ4n) is 3.46. The molecule has 0 aromatic rings. The standard InChI is InChI=1S/C19H37N3O2/c1-16(2)7-4-5-11-21-19(20-3)22-12-9-17(10-13-22)24-15-18-8-6-14-23-18/h16-18H,4-15H2,1-3H3,(H,20,21). The fraction of sp³-hybridized carbons (Fsp3) is 0.947. The van der Waals surface area contributed by atoms with Crippen LogP contribution in [0.25, 0.3) is 0 Å². The number of likely N-dealkylation sites (tertiary alicyclic amines) is 1. The Morgan fingerprint density at radius 3 is 2.67 bits per heavy atom. The number of piperidine rings is 1. The molecular weight excluding hydrogens is 302 g/mol. The molecule has 2 aliphatic rings. The molecule has 0 aromatic heterocycles. The molecule has 2 fully saturated rings.